The van der Waals surface area contributed by atoms with Gasteiger partial charge in [-0.3, -0.25) is 9.69 Å². The van der Waals surface area contributed by atoms with Crippen molar-refractivity contribution in [2.45, 2.75) is 50.4 Å². The van der Waals surface area contributed by atoms with E-state index in [1.807, 2.05) is 18.2 Å². The van der Waals surface area contributed by atoms with Crippen molar-refractivity contribution < 1.29 is 19.4 Å². The fourth-order valence-electron chi connectivity index (χ4n) is 4.05. The lowest BCUT2D eigenvalue weighted by Gasteiger charge is -2.41. The molecular formula is C19H26N2O4. The van der Waals surface area contributed by atoms with Gasteiger partial charge in [0.2, 0.25) is 5.91 Å². The van der Waals surface area contributed by atoms with Gasteiger partial charge in [0.25, 0.3) is 0 Å². The van der Waals surface area contributed by atoms with Crippen molar-refractivity contribution in [3.63, 3.8) is 0 Å². The van der Waals surface area contributed by atoms with E-state index in [0.29, 0.717) is 24.8 Å². The average Bonchev–Trinajstić information content (AvgIpc) is 2.64. The molecule has 3 aliphatic rings. The lowest BCUT2D eigenvalue weighted by atomic mass is 9.99. The maximum absolute atomic E-state index is 11.6. The van der Waals surface area contributed by atoms with E-state index in [1.54, 1.807) is 0 Å². The number of nitrogens with zero attached hydrogens (tertiary/aromatic N) is 1. The number of piperidine rings is 1. The number of aryl methyl sites for hydroxylation is 1. The van der Waals surface area contributed by atoms with Crippen molar-refractivity contribution in [1.82, 2.24) is 4.90 Å². The van der Waals surface area contributed by atoms with Gasteiger partial charge < -0.3 is 19.9 Å². The SMILES string of the molecule is O=C1CCc2ccc(O[C@@H]3CCN(C4CCOCC4)C[C@H]3O)cc2N1. The highest BCUT2D eigenvalue weighted by Crippen LogP contribution is 2.29. The predicted molar refractivity (Wildman–Crippen MR) is 93.8 cm³/mol. The Morgan fingerprint density at radius 1 is 1.20 bits per heavy atom. The molecular weight excluding hydrogens is 320 g/mol. The number of rotatable bonds is 3. The molecule has 3 aliphatic heterocycles. The highest BCUT2D eigenvalue weighted by Gasteiger charge is 2.33. The summed E-state index contributed by atoms with van der Waals surface area (Å²) >= 11 is 0. The molecule has 6 heteroatoms. The second-order valence-corrected chi connectivity index (χ2v) is 7.22. The van der Waals surface area contributed by atoms with Crippen molar-refractivity contribution in [3.8, 4) is 5.75 Å². The number of aliphatic hydroxyl groups excluding tert-OH is 1. The molecule has 2 fully saturated rings. The lowest BCUT2D eigenvalue weighted by Crippen LogP contribution is -2.53. The summed E-state index contributed by atoms with van der Waals surface area (Å²) in [5.41, 5.74) is 1.98. The average molecular weight is 346 g/mol. The molecule has 1 aromatic carbocycles. The third-order valence-electron chi connectivity index (χ3n) is 5.52. The van der Waals surface area contributed by atoms with E-state index in [2.05, 4.69) is 10.2 Å². The van der Waals surface area contributed by atoms with Crippen LogP contribution in [0.5, 0.6) is 5.75 Å². The Morgan fingerprint density at radius 3 is 2.84 bits per heavy atom. The number of carbonyl (C=O) groups is 1. The summed E-state index contributed by atoms with van der Waals surface area (Å²) in [6.45, 7) is 3.22. The van der Waals surface area contributed by atoms with Crippen molar-refractivity contribution in [2.24, 2.45) is 0 Å². The molecule has 1 amide bonds. The monoisotopic (exact) mass is 346 g/mol. The lowest BCUT2D eigenvalue weighted by molar-refractivity contribution is -0.116. The van der Waals surface area contributed by atoms with Gasteiger partial charge >= 0.3 is 0 Å². The highest BCUT2D eigenvalue weighted by molar-refractivity contribution is 5.94. The number of nitrogens with one attached hydrogen (secondary N) is 1. The van der Waals surface area contributed by atoms with Crippen LogP contribution in [0, 0.1) is 0 Å². The molecule has 2 N–H and O–H groups in total. The Balaban J connectivity index is 1.37. The number of β-amino-alcohol motifs (C(OH)–C–C–N with tert-alkyl or cyclic N) is 1. The fraction of sp³-hybridized carbons (Fsp3) is 0.632. The van der Waals surface area contributed by atoms with Crippen molar-refractivity contribution >= 4 is 11.6 Å². The zero-order valence-electron chi connectivity index (χ0n) is 14.4. The quantitative estimate of drug-likeness (QED) is 0.869. The first-order valence-corrected chi connectivity index (χ1v) is 9.28. The van der Waals surface area contributed by atoms with Gasteiger partial charge in [0.05, 0.1) is 0 Å². The van der Waals surface area contributed by atoms with Gasteiger partial charge in [0.15, 0.2) is 0 Å². The van der Waals surface area contributed by atoms with E-state index in [9.17, 15) is 9.90 Å². The normalized spacial score (nSPS) is 28.3. The number of amides is 1. The van der Waals surface area contributed by atoms with Crippen LogP contribution >= 0.6 is 0 Å². The number of fused-ring (bicyclic) bond motifs is 1. The van der Waals surface area contributed by atoms with Gasteiger partial charge in [-0.2, -0.15) is 0 Å². The molecule has 136 valence electrons. The van der Waals surface area contributed by atoms with Crippen LogP contribution in [0.3, 0.4) is 0 Å². The molecule has 1 aromatic rings. The summed E-state index contributed by atoms with van der Waals surface area (Å²) in [4.78, 5) is 13.9. The Morgan fingerprint density at radius 2 is 2.04 bits per heavy atom. The van der Waals surface area contributed by atoms with Crippen molar-refractivity contribution in [2.75, 3.05) is 31.6 Å². The first-order chi connectivity index (χ1) is 12.2. The molecule has 4 rings (SSSR count). The molecule has 0 saturated carbocycles. The van der Waals surface area contributed by atoms with Crippen LogP contribution in [-0.2, 0) is 16.0 Å². The Hall–Kier alpha value is -1.63. The predicted octanol–water partition coefficient (Wildman–Crippen LogP) is 1.56. The maximum Gasteiger partial charge on any atom is 0.224 e. The molecule has 0 unspecified atom stereocenters. The van der Waals surface area contributed by atoms with Crippen LogP contribution in [0.1, 0.15) is 31.2 Å². The largest absolute Gasteiger partial charge is 0.488 e. The van der Waals surface area contributed by atoms with Gasteiger partial charge in [-0.05, 0) is 37.3 Å². The van der Waals surface area contributed by atoms with E-state index < -0.39 is 6.10 Å². The molecule has 0 bridgehead atoms. The number of hydrogen-bond acceptors (Lipinski definition) is 5. The number of likely N-dealkylation sites (tertiary alicyclic amines) is 1. The van der Waals surface area contributed by atoms with Crippen LogP contribution in [0.4, 0.5) is 5.69 Å². The summed E-state index contributed by atoms with van der Waals surface area (Å²) in [5.74, 6) is 0.763. The van der Waals surface area contributed by atoms with E-state index in [1.165, 1.54) is 0 Å². The fourth-order valence-corrected chi connectivity index (χ4v) is 4.05. The minimum absolute atomic E-state index is 0.0504. The minimum atomic E-state index is -0.498. The second kappa shape index (κ2) is 7.32. The van der Waals surface area contributed by atoms with Gasteiger partial charge in [0, 0.05) is 50.5 Å². The number of benzene rings is 1. The van der Waals surface area contributed by atoms with Crippen LogP contribution in [0.2, 0.25) is 0 Å². The van der Waals surface area contributed by atoms with E-state index in [0.717, 1.165) is 56.7 Å². The van der Waals surface area contributed by atoms with Crippen molar-refractivity contribution in [1.29, 1.82) is 0 Å². The van der Waals surface area contributed by atoms with Crippen LogP contribution in [0.15, 0.2) is 18.2 Å². The van der Waals surface area contributed by atoms with Gasteiger partial charge in [0.1, 0.15) is 18.0 Å². The zero-order valence-corrected chi connectivity index (χ0v) is 14.4. The molecule has 0 aliphatic carbocycles. The third-order valence-corrected chi connectivity index (χ3v) is 5.52. The molecule has 2 atom stereocenters. The first-order valence-electron chi connectivity index (χ1n) is 9.28. The summed E-state index contributed by atoms with van der Waals surface area (Å²) in [5, 5.41) is 13.4. The number of carbonyl (C=O) groups excluding carboxylic acids is 1. The molecule has 2 saturated heterocycles. The van der Waals surface area contributed by atoms with Crippen molar-refractivity contribution in [3.05, 3.63) is 23.8 Å². The highest BCUT2D eigenvalue weighted by atomic mass is 16.5. The Kier molecular flexibility index (Phi) is 4.92. The van der Waals surface area contributed by atoms with Gasteiger partial charge in [-0.25, -0.2) is 0 Å². The Bertz CT molecular complexity index is 630. The van der Waals surface area contributed by atoms with Gasteiger partial charge in [-0.1, -0.05) is 6.07 Å². The molecule has 0 aromatic heterocycles. The summed E-state index contributed by atoms with van der Waals surface area (Å²) in [7, 11) is 0. The van der Waals surface area contributed by atoms with E-state index >= 15 is 0 Å². The van der Waals surface area contributed by atoms with Gasteiger partial charge in [-0.15, -0.1) is 0 Å². The number of ether oxygens (including phenoxy) is 2. The van der Waals surface area contributed by atoms with Crippen LogP contribution in [0.25, 0.3) is 0 Å². The zero-order chi connectivity index (χ0) is 17.2. The molecule has 3 heterocycles. The number of hydrogen-bond donors (Lipinski definition) is 2. The second-order valence-electron chi connectivity index (χ2n) is 7.22. The molecule has 25 heavy (non-hydrogen) atoms. The minimum Gasteiger partial charge on any atom is -0.488 e. The first kappa shape index (κ1) is 16.8. The molecule has 0 radical (unpaired) electrons. The summed E-state index contributed by atoms with van der Waals surface area (Å²) in [6.07, 6.45) is 3.51. The van der Waals surface area contributed by atoms with Crippen LogP contribution < -0.4 is 10.1 Å². The molecule has 6 nitrogen and oxygen atoms in total. The number of aliphatic hydroxyl groups is 1. The molecule has 0 spiro atoms. The van der Waals surface area contributed by atoms with E-state index in [-0.39, 0.29) is 12.0 Å². The summed E-state index contributed by atoms with van der Waals surface area (Å²) in [6, 6.07) is 6.34. The maximum atomic E-state index is 11.6. The topological polar surface area (TPSA) is 71.0 Å². The summed E-state index contributed by atoms with van der Waals surface area (Å²) < 4.78 is 11.5. The number of anilines is 1. The third kappa shape index (κ3) is 3.81. The van der Waals surface area contributed by atoms with E-state index in [4.69, 9.17) is 9.47 Å². The smallest absolute Gasteiger partial charge is 0.224 e. The van der Waals surface area contributed by atoms with Crippen LogP contribution in [-0.4, -0.2) is 60.5 Å². The Labute approximate surface area is 148 Å². The standard InChI is InChI=1S/C19H26N2O4/c22-17-12-21(14-6-9-24-10-7-14)8-5-18(17)25-15-3-1-13-2-4-19(23)20-16(13)11-15/h1,3,11,14,17-18,22H,2,4-10,12H2,(H,20,23)/t17-,18-/m1/s1.